The summed E-state index contributed by atoms with van der Waals surface area (Å²) in [5.41, 5.74) is 1.87. The molecule has 13 nitrogen and oxygen atoms in total. The zero-order valence-electron chi connectivity index (χ0n) is 22.6. The van der Waals surface area contributed by atoms with Gasteiger partial charge in [-0.1, -0.05) is 6.07 Å². The second kappa shape index (κ2) is 9.82. The Morgan fingerprint density at radius 3 is 2.51 bits per heavy atom. The largest absolute Gasteiger partial charge is 0.443 e. The molecule has 2 amide bonds. The molecule has 0 bridgehead atoms. The number of sulfonamides is 1. The number of anilines is 3. The molecule has 0 unspecified atom stereocenters. The summed E-state index contributed by atoms with van der Waals surface area (Å²) in [7, 11) is -3.97. The number of nitrogens with one attached hydrogen (secondary N) is 1. The number of hydrogen-bond acceptors (Lipinski definition) is 10. The quantitative estimate of drug-likeness (QED) is 0.383. The van der Waals surface area contributed by atoms with Crippen LogP contribution >= 0.6 is 0 Å². The molecule has 1 fully saturated rings. The summed E-state index contributed by atoms with van der Waals surface area (Å²) in [5.74, 6) is -0.510. The van der Waals surface area contributed by atoms with Crippen molar-refractivity contribution >= 4 is 44.9 Å². The molecule has 0 atom stereocenters. The highest BCUT2D eigenvalue weighted by atomic mass is 32.2. The Morgan fingerprint density at radius 1 is 1.07 bits per heavy atom. The maximum absolute atomic E-state index is 13.6. The van der Waals surface area contributed by atoms with E-state index in [9.17, 15) is 18.0 Å². The van der Waals surface area contributed by atoms with E-state index in [4.69, 9.17) is 9.47 Å². The Morgan fingerprint density at radius 2 is 1.80 bits per heavy atom. The molecule has 2 aliphatic heterocycles. The second-order valence-electron chi connectivity index (χ2n) is 10.5. The molecule has 6 rings (SSSR count). The lowest BCUT2D eigenvalue weighted by molar-refractivity contribution is 0.0598. The Bertz CT molecular complexity index is 1770. The summed E-state index contributed by atoms with van der Waals surface area (Å²) < 4.78 is 39.5. The Labute approximate surface area is 235 Å². The van der Waals surface area contributed by atoms with Crippen molar-refractivity contribution in [2.45, 2.75) is 31.3 Å². The predicted molar refractivity (Wildman–Crippen MR) is 149 cm³/mol. The molecule has 4 aromatic rings. The van der Waals surface area contributed by atoms with Crippen LogP contribution in [0.4, 0.5) is 22.0 Å². The molecule has 212 valence electrons. The van der Waals surface area contributed by atoms with Crippen LogP contribution in [-0.4, -0.2) is 71.9 Å². The fourth-order valence-electron chi connectivity index (χ4n) is 4.74. The van der Waals surface area contributed by atoms with Crippen LogP contribution in [0.2, 0.25) is 0 Å². The third-order valence-corrected chi connectivity index (χ3v) is 7.97. The van der Waals surface area contributed by atoms with Crippen molar-refractivity contribution in [1.29, 1.82) is 0 Å². The normalized spacial score (nSPS) is 16.4. The van der Waals surface area contributed by atoms with Crippen LogP contribution in [0.3, 0.4) is 0 Å². The summed E-state index contributed by atoms with van der Waals surface area (Å²) in [5, 5.41) is 4.32. The van der Waals surface area contributed by atoms with Gasteiger partial charge >= 0.3 is 6.09 Å². The van der Waals surface area contributed by atoms with Gasteiger partial charge < -0.3 is 14.4 Å². The Balaban J connectivity index is 1.44. The average molecular weight is 578 g/mol. The van der Waals surface area contributed by atoms with Crippen LogP contribution in [0.25, 0.3) is 16.9 Å². The number of benzene rings is 2. The van der Waals surface area contributed by atoms with Gasteiger partial charge in [0.1, 0.15) is 16.8 Å². The second-order valence-corrected chi connectivity index (χ2v) is 12.2. The number of aromatic nitrogens is 4. The molecule has 0 spiro atoms. The molecule has 1 N–H and O–H groups in total. The zero-order valence-corrected chi connectivity index (χ0v) is 23.4. The van der Waals surface area contributed by atoms with Crippen LogP contribution in [0.1, 0.15) is 31.1 Å². The third kappa shape index (κ3) is 4.95. The van der Waals surface area contributed by atoms with Crippen molar-refractivity contribution in [1.82, 2.24) is 24.3 Å². The molecule has 4 heterocycles. The van der Waals surface area contributed by atoms with Gasteiger partial charge in [-0.3, -0.25) is 4.79 Å². The summed E-state index contributed by atoms with van der Waals surface area (Å²) in [6.45, 7) is 8.16. The van der Waals surface area contributed by atoms with Crippen molar-refractivity contribution in [2.24, 2.45) is 0 Å². The molecule has 0 saturated carbocycles. The number of carbonyl (C=O) groups excluding carboxylic acids is 2. The lowest BCUT2D eigenvalue weighted by Gasteiger charge is -2.30. The Hall–Kier alpha value is -4.56. The molecule has 0 aliphatic carbocycles. The molecule has 14 heteroatoms. The molecule has 2 aliphatic rings. The summed E-state index contributed by atoms with van der Waals surface area (Å²) in [4.78, 5) is 38.0. The highest BCUT2D eigenvalue weighted by Gasteiger charge is 2.33. The van der Waals surface area contributed by atoms with Gasteiger partial charge in [-0.2, -0.15) is 5.10 Å². The first-order chi connectivity index (χ1) is 19.5. The fraction of sp³-hybridized carbons (Fsp3) is 0.296. The highest BCUT2D eigenvalue weighted by Crippen LogP contribution is 2.34. The first kappa shape index (κ1) is 26.7. The number of hydrogen-bond donors (Lipinski definition) is 1. The average Bonchev–Trinajstić information content (AvgIpc) is 3.51. The van der Waals surface area contributed by atoms with Crippen molar-refractivity contribution in [2.75, 3.05) is 36.1 Å². The van der Waals surface area contributed by atoms with Gasteiger partial charge in [0, 0.05) is 24.3 Å². The van der Waals surface area contributed by atoms with Crippen LogP contribution < -0.4 is 14.5 Å². The van der Waals surface area contributed by atoms with Crippen molar-refractivity contribution < 1.29 is 27.5 Å². The predicted octanol–water partition coefficient (Wildman–Crippen LogP) is 3.13. The van der Waals surface area contributed by atoms with Crippen LogP contribution in [0.15, 0.2) is 59.9 Å². The monoisotopic (exact) mass is 577 g/mol. The maximum Gasteiger partial charge on any atom is 0.420 e. The molecule has 1 saturated heterocycles. The molecule has 41 heavy (non-hydrogen) atoms. The Kier molecular flexibility index (Phi) is 6.38. The summed E-state index contributed by atoms with van der Waals surface area (Å²) >= 11 is 0. The van der Waals surface area contributed by atoms with Crippen LogP contribution in [0.5, 0.6) is 0 Å². The topological polar surface area (TPSA) is 148 Å². The minimum atomic E-state index is -3.97. The molecule has 2 aromatic heterocycles. The van der Waals surface area contributed by atoms with Crippen molar-refractivity contribution in [3.63, 3.8) is 0 Å². The number of ether oxygens (including phenoxy) is 2. The van der Waals surface area contributed by atoms with E-state index in [1.165, 1.54) is 34.1 Å². The summed E-state index contributed by atoms with van der Waals surface area (Å²) in [6.07, 6.45) is 2.12. The maximum atomic E-state index is 13.6. The van der Waals surface area contributed by atoms with E-state index in [-0.39, 0.29) is 21.9 Å². The number of fused-ring (bicyclic) bond motifs is 2. The zero-order chi connectivity index (χ0) is 28.9. The van der Waals surface area contributed by atoms with Crippen molar-refractivity contribution in [3.8, 4) is 11.3 Å². The van der Waals surface area contributed by atoms with E-state index in [1.807, 2.05) is 29.0 Å². The number of morpholine rings is 1. The van der Waals surface area contributed by atoms with Crippen LogP contribution in [0, 0.1) is 0 Å². The number of carbonyl (C=O) groups is 2. The summed E-state index contributed by atoms with van der Waals surface area (Å²) in [6, 6.07) is 11.9. The van der Waals surface area contributed by atoms with Gasteiger partial charge in [0.25, 0.3) is 15.9 Å². The van der Waals surface area contributed by atoms with E-state index < -0.39 is 27.6 Å². The van der Waals surface area contributed by atoms with Gasteiger partial charge in [0.05, 0.1) is 36.4 Å². The smallest absolute Gasteiger partial charge is 0.420 e. The van der Waals surface area contributed by atoms with E-state index in [2.05, 4.69) is 20.0 Å². The van der Waals surface area contributed by atoms with Gasteiger partial charge in [-0.25, -0.2) is 37.3 Å². The number of nitrogens with zero attached hydrogens (tertiary/aromatic N) is 6. The minimum absolute atomic E-state index is 0.0600. The highest BCUT2D eigenvalue weighted by molar-refractivity contribution is 7.90. The van der Waals surface area contributed by atoms with E-state index in [0.29, 0.717) is 30.2 Å². The molecule has 0 radical (unpaired) electrons. The molecular formula is C27H27N7O6S. The SMILES string of the molecule is CC(C)(C)OC(=O)N(c1ccc(N2CCOCC2)cc1)c1ncc(-c2ccc3c(c2)S(=O)(=O)NC3=O)n2ncnc12. The van der Waals surface area contributed by atoms with Crippen molar-refractivity contribution in [3.05, 3.63) is 60.6 Å². The van der Waals surface area contributed by atoms with E-state index in [0.717, 1.165) is 18.8 Å². The number of amides is 2. The van der Waals surface area contributed by atoms with Gasteiger partial charge in [0.15, 0.2) is 11.5 Å². The first-order valence-electron chi connectivity index (χ1n) is 12.9. The van der Waals surface area contributed by atoms with Gasteiger partial charge in [-0.05, 0) is 57.2 Å². The van der Waals surface area contributed by atoms with E-state index in [1.54, 1.807) is 26.8 Å². The molecular weight excluding hydrogens is 550 g/mol. The standard InChI is InChI=1S/C27H27N7O6S/c1-27(2,3)40-26(36)33(19-7-5-18(6-8-19)32-10-12-39-13-11-32)23-24-29-16-30-34(24)21(15-28-23)17-4-9-20-22(14-17)41(37,38)31-25(20)35/h4-9,14-16H,10-13H2,1-3H3,(H,31,35). The van der Waals surface area contributed by atoms with Gasteiger partial charge in [0.2, 0.25) is 0 Å². The lowest BCUT2D eigenvalue weighted by atomic mass is 10.1. The van der Waals surface area contributed by atoms with E-state index >= 15 is 0 Å². The lowest BCUT2D eigenvalue weighted by Crippen LogP contribution is -2.36. The number of rotatable bonds is 4. The third-order valence-electron chi connectivity index (χ3n) is 6.60. The first-order valence-corrected chi connectivity index (χ1v) is 14.4. The minimum Gasteiger partial charge on any atom is -0.443 e. The van der Waals surface area contributed by atoms with Crippen LogP contribution in [-0.2, 0) is 19.5 Å². The fourth-order valence-corrected chi connectivity index (χ4v) is 5.94. The molecule has 2 aromatic carbocycles. The van der Waals surface area contributed by atoms with Gasteiger partial charge in [-0.15, -0.1) is 0 Å².